The summed E-state index contributed by atoms with van der Waals surface area (Å²) in [5, 5.41) is 0. The average molecular weight is 195 g/mol. The van der Waals surface area contributed by atoms with Gasteiger partial charge in [0.2, 0.25) is 0 Å². The van der Waals surface area contributed by atoms with Gasteiger partial charge in [0.15, 0.2) is 0 Å². The number of halogens is 2. The third-order valence-electron chi connectivity index (χ3n) is 0.942. The van der Waals surface area contributed by atoms with E-state index in [0.29, 0.717) is 0 Å². The van der Waals surface area contributed by atoms with Gasteiger partial charge in [-0.25, -0.2) is 0 Å². The van der Waals surface area contributed by atoms with Crippen LogP contribution < -0.4 is 0 Å². The van der Waals surface area contributed by atoms with E-state index in [1.165, 1.54) is 0 Å². The Labute approximate surface area is 63.0 Å². The van der Waals surface area contributed by atoms with Crippen LogP contribution in [0.15, 0.2) is 0 Å². The zero-order valence-corrected chi connectivity index (χ0v) is 8.72. The molecule has 0 unspecified atom stereocenters. The minimum atomic E-state index is -1.02. The highest BCUT2D eigenvalue weighted by molar-refractivity contribution is 9.20. The molecule has 0 saturated heterocycles. The van der Waals surface area contributed by atoms with E-state index in [0.717, 1.165) is 0 Å². The van der Waals surface area contributed by atoms with E-state index in [-0.39, 0.29) is 0 Å². The highest BCUT2D eigenvalue weighted by Gasteiger charge is 2.22. The van der Waals surface area contributed by atoms with Crippen molar-refractivity contribution in [2.24, 2.45) is 0 Å². The van der Waals surface area contributed by atoms with Crippen LogP contribution in [0.2, 0.25) is 0 Å². The number of rotatable bonds is 1. The fourth-order valence-electron chi connectivity index (χ4n) is 0. The molecule has 0 spiro atoms. The predicted octanol–water partition coefficient (Wildman–Crippen LogP) is 3.34. The second kappa shape index (κ2) is 2.49. The first-order valence-electron chi connectivity index (χ1n) is 2.11. The monoisotopic (exact) mass is 194 g/mol. The Morgan fingerprint density at radius 3 is 0.875 bits per heavy atom. The summed E-state index contributed by atoms with van der Waals surface area (Å²) in [6.07, 6.45) is 8.10. The van der Waals surface area contributed by atoms with Crippen LogP contribution in [-0.4, -0.2) is 25.0 Å². The molecule has 54 valence electrons. The Morgan fingerprint density at radius 1 is 0.750 bits per heavy atom. The number of hydrogen-bond acceptors (Lipinski definition) is 0. The van der Waals surface area contributed by atoms with Crippen molar-refractivity contribution in [1.82, 2.24) is 0 Å². The summed E-state index contributed by atoms with van der Waals surface area (Å²) in [6, 6.07) is 0. The first-order valence-corrected chi connectivity index (χ1v) is 9.18. The quantitative estimate of drug-likeness (QED) is 0.563. The lowest BCUT2D eigenvalue weighted by molar-refractivity contribution is 2.26. The van der Waals surface area contributed by atoms with Gasteiger partial charge in [0.1, 0.15) is 0 Å². The summed E-state index contributed by atoms with van der Waals surface area (Å²) in [7, 11) is 9.96. The van der Waals surface area contributed by atoms with Gasteiger partial charge in [-0.1, -0.05) is 21.4 Å². The molecular formula is C4H12Cl2S2. The Balaban J connectivity index is 4.02. The lowest BCUT2D eigenvalue weighted by atomic mass is 11.9. The van der Waals surface area contributed by atoms with E-state index in [1.807, 2.05) is 25.0 Å². The van der Waals surface area contributed by atoms with Crippen molar-refractivity contribution in [1.29, 1.82) is 0 Å². The molecule has 0 aliphatic rings. The van der Waals surface area contributed by atoms with E-state index >= 15 is 0 Å². The van der Waals surface area contributed by atoms with Crippen LogP contribution in [0.3, 0.4) is 0 Å². The lowest BCUT2D eigenvalue weighted by Gasteiger charge is -2.39. The second-order valence-corrected chi connectivity index (χ2v) is 17.4. The molecule has 4 heteroatoms. The molecule has 0 atom stereocenters. The van der Waals surface area contributed by atoms with Crippen molar-refractivity contribution in [3.8, 4) is 0 Å². The minimum absolute atomic E-state index is 1.02. The van der Waals surface area contributed by atoms with Crippen molar-refractivity contribution >= 4 is 37.9 Å². The van der Waals surface area contributed by atoms with Crippen molar-refractivity contribution in [2.45, 2.75) is 0 Å². The van der Waals surface area contributed by atoms with E-state index in [4.69, 9.17) is 21.4 Å². The fraction of sp³-hybridized carbons (Fsp3) is 1.00. The van der Waals surface area contributed by atoms with Gasteiger partial charge in [0, 0.05) is 0 Å². The zero-order chi connectivity index (χ0) is 7.00. The van der Waals surface area contributed by atoms with Crippen LogP contribution in [0.5, 0.6) is 0 Å². The van der Waals surface area contributed by atoms with Crippen molar-refractivity contribution in [3.05, 3.63) is 0 Å². The van der Waals surface area contributed by atoms with Crippen LogP contribution in [0.25, 0.3) is 0 Å². The van der Waals surface area contributed by atoms with E-state index < -0.39 is 16.5 Å². The van der Waals surface area contributed by atoms with Crippen molar-refractivity contribution in [2.75, 3.05) is 25.0 Å². The van der Waals surface area contributed by atoms with Crippen molar-refractivity contribution < 1.29 is 0 Å². The molecule has 0 N–H and O–H groups in total. The standard InChI is InChI=1S/C4H12Cl2S2/c1-7(2,5)8(3,4)6/h1-4H3. The van der Waals surface area contributed by atoms with Gasteiger partial charge < -0.3 is 0 Å². The third-order valence-corrected chi connectivity index (χ3v) is 14.7. The molecule has 0 aliphatic carbocycles. The van der Waals surface area contributed by atoms with Gasteiger partial charge >= 0.3 is 0 Å². The third kappa shape index (κ3) is 2.72. The fourth-order valence-corrected chi connectivity index (χ4v) is 0. The zero-order valence-electron chi connectivity index (χ0n) is 5.57. The molecule has 0 radical (unpaired) electrons. The van der Waals surface area contributed by atoms with Crippen molar-refractivity contribution in [3.63, 3.8) is 0 Å². The van der Waals surface area contributed by atoms with Gasteiger partial charge in [-0.3, -0.25) is 0 Å². The van der Waals surface area contributed by atoms with E-state index in [1.54, 1.807) is 0 Å². The van der Waals surface area contributed by atoms with Crippen LogP contribution >= 0.6 is 37.9 Å². The van der Waals surface area contributed by atoms with Crippen LogP contribution in [0.4, 0.5) is 0 Å². The smallest absolute Gasteiger partial charge is 0.0135 e. The molecule has 0 saturated carbocycles. The molecule has 0 aromatic rings. The Bertz CT molecular complexity index is 67.0. The molecule has 0 aromatic heterocycles. The van der Waals surface area contributed by atoms with Crippen LogP contribution in [0, 0.1) is 0 Å². The predicted molar refractivity (Wildman–Crippen MR) is 50.6 cm³/mol. The summed E-state index contributed by atoms with van der Waals surface area (Å²) < 4.78 is 0. The first-order chi connectivity index (χ1) is 3.25. The molecular weight excluding hydrogens is 183 g/mol. The van der Waals surface area contributed by atoms with Crippen LogP contribution in [0.1, 0.15) is 0 Å². The summed E-state index contributed by atoms with van der Waals surface area (Å²) in [4.78, 5) is 0. The normalized spacial score (nSPS) is 18.2. The lowest BCUT2D eigenvalue weighted by Crippen LogP contribution is -1.91. The maximum absolute atomic E-state index is 6.00. The van der Waals surface area contributed by atoms with E-state index in [2.05, 4.69) is 0 Å². The van der Waals surface area contributed by atoms with E-state index in [9.17, 15) is 0 Å². The molecule has 0 amide bonds. The highest BCUT2D eigenvalue weighted by atomic mass is 35.8. The molecule has 8 heavy (non-hydrogen) atoms. The Kier molecular flexibility index (Phi) is 2.89. The highest BCUT2D eigenvalue weighted by Crippen LogP contribution is 2.79. The molecule has 0 rings (SSSR count). The summed E-state index contributed by atoms with van der Waals surface area (Å²) in [5.41, 5.74) is 0. The molecule has 0 aliphatic heterocycles. The summed E-state index contributed by atoms with van der Waals surface area (Å²) >= 11 is 0. The second-order valence-electron chi connectivity index (χ2n) is 2.23. The van der Waals surface area contributed by atoms with Gasteiger partial charge in [0.05, 0.1) is 0 Å². The molecule has 0 nitrogen and oxygen atoms in total. The maximum Gasteiger partial charge on any atom is -0.0135 e. The SMILES string of the molecule is CS(C)(Cl)S(C)(C)Cl. The molecule has 0 aromatic carbocycles. The number of hydrogen-bond donors (Lipinski definition) is 0. The maximum atomic E-state index is 6.00. The topological polar surface area (TPSA) is 0 Å². The average Bonchev–Trinajstić information content (AvgIpc) is 1.25. The first kappa shape index (κ1) is 9.28. The largest absolute Gasteiger partial charge is 0.125 e. The van der Waals surface area contributed by atoms with Gasteiger partial charge in [-0.15, -0.1) is 16.5 Å². The van der Waals surface area contributed by atoms with Gasteiger partial charge in [0.25, 0.3) is 0 Å². The molecule has 0 fully saturated rings. The molecule has 0 heterocycles. The summed E-state index contributed by atoms with van der Waals surface area (Å²) in [5.74, 6) is 0. The Hall–Kier alpha value is 1.28. The summed E-state index contributed by atoms with van der Waals surface area (Å²) in [6.45, 7) is 0. The van der Waals surface area contributed by atoms with Crippen LogP contribution in [-0.2, 0) is 0 Å². The van der Waals surface area contributed by atoms with Gasteiger partial charge in [-0.2, -0.15) is 0 Å². The molecule has 0 bridgehead atoms. The minimum Gasteiger partial charge on any atom is -0.125 e. The Morgan fingerprint density at radius 2 is 0.875 bits per heavy atom. The van der Waals surface area contributed by atoms with Gasteiger partial charge in [-0.05, 0) is 25.0 Å².